The first-order valence-electron chi connectivity index (χ1n) is 8.31. The van der Waals surface area contributed by atoms with Crippen LogP contribution in [0.15, 0.2) is 78.9 Å². The quantitative estimate of drug-likeness (QED) is 0.658. The van der Waals surface area contributed by atoms with Crippen molar-refractivity contribution >= 4 is 17.4 Å². The van der Waals surface area contributed by atoms with E-state index >= 15 is 0 Å². The van der Waals surface area contributed by atoms with Crippen molar-refractivity contribution in [2.75, 3.05) is 5.32 Å². The summed E-state index contributed by atoms with van der Waals surface area (Å²) >= 11 is 0. The fraction of sp³-hybridized carbons (Fsp3) is 0.0909. The molecule has 0 spiro atoms. The summed E-state index contributed by atoms with van der Waals surface area (Å²) in [6.07, 6.45) is 0. The maximum absolute atomic E-state index is 12.4. The van der Waals surface area contributed by atoms with Crippen LogP contribution in [0.5, 0.6) is 5.75 Å². The molecule has 3 rings (SSSR count). The highest BCUT2D eigenvalue weighted by molar-refractivity contribution is 6.08. The minimum atomic E-state index is -0.255. The van der Waals surface area contributed by atoms with E-state index in [1.54, 1.807) is 36.4 Å². The lowest BCUT2D eigenvalue weighted by Crippen LogP contribution is -2.14. The van der Waals surface area contributed by atoms with E-state index in [9.17, 15) is 9.59 Å². The molecule has 3 aromatic rings. The Morgan fingerprint density at radius 2 is 1.50 bits per heavy atom. The van der Waals surface area contributed by atoms with Gasteiger partial charge in [-0.25, -0.2) is 0 Å². The molecule has 0 unspecified atom stereocenters. The van der Waals surface area contributed by atoms with Crippen LogP contribution in [0.2, 0.25) is 0 Å². The summed E-state index contributed by atoms with van der Waals surface area (Å²) in [5.41, 5.74) is 2.50. The second-order valence-corrected chi connectivity index (χ2v) is 5.85. The van der Waals surface area contributed by atoms with Gasteiger partial charge in [-0.2, -0.15) is 0 Å². The maximum Gasteiger partial charge on any atom is 0.255 e. The van der Waals surface area contributed by atoms with Crippen molar-refractivity contribution in [1.82, 2.24) is 0 Å². The zero-order valence-electron chi connectivity index (χ0n) is 14.4. The van der Waals surface area contributed by atoms with Crippen LogP contribution in [-0.4, -0.2) is 11.7 Å². The Kier molecular flexibility index (Phi) is 5.44. The first kappa shape index (κ1) is 17.4. The van der Waals surface area contributed by atoms with Crippen LogP contribution in [-0.2, 0) is 6.61 Å². The summed E-state index contributed by atoms with van der Waals surface area (Å²) in [6.45, 7) is 1.91. The van der Waals surface area contributed by atoms with Gasteiger partial charge in [-0.3, -0.25) is 9.59 Å². The van der Waals surface area contributed by atoms with Crippen LogP contribution < -0.4 is 10.1 Å². The Bertz CT molecular complexity index is 902. The second kappa shape index (κ2) is 8.12. The monoisotopic (exact) mass is 345 g/mol. The summed E-state index contributed by atoms with van der Waals surface area (Å²) in [6, 6.07) is 23.7. The highest BCUT2D eigenvalue weighted by Gasteiger charge is 2.11. The van der Waals surface area contributed by atoms with E-state index in [2.05, 4.69) is 5.32 Å². The Balaban J connectivity index is 1.65. The fourth-order valence-corrected chi connectivity index (χ4v) is 2.53. The topological polar surface area (TPSA) is 55.4 Å². The molecule has 0 bridgehead atoms. The van der Waals surface area contributed by atoms with Gasteiger partial charge in [0, 0.05) is 11.1 Å². The molecule has 1 amide bonds. The van der Waals surface area contributed by atoms with E-state index in [4.69, 9.17) is 4.74 Å². The molecule has 0 aromatic heterocycles. The van der Waals surface area contributed by atoms with Crippen molar-refractivity contribution < 1.29 is 14.3 Å². The van der Waals surface area contributed by atoms with Crippen LogP contribution >= 0.6 is 0 Å². The molecule has 4 heteroatoms. The van der Waals surface area contributed by atoms with Crippen LogP contribution in [0.1, 0.15) is 33.2 Å². The van der Waals surface area contributed by atoms with Crippen molar-refractivity contribution in [1.29, 1.82) is 0 Å². The van der Waals surface area contributed by atoms with Crippen molar-refractivity contribution in [2.45, 2.75) is 13.5 Å². The first-order valence-corrected chi connectivity index (χ1v) is 8.31. The highest BCUT2D eigenvalue weighted by atomic mass is 16.5. The lowest BCUT2D eigenvalue weighted by atomic mass is 10.1. The SMILES string of the molecule is CC(=O)c1ccccc1NC(=O)c1ccc(COc2ccccc2)cc1. The van der Waals surface area contributed by atoms with Crippen LogP contribution in [0, 0.1) is 0 Å². The van der Waals surface area contributed by atoms with Gasteiger partial charge < -0.3 is 10.1 Å². The number of para-hydroxylation sites is 2. The van der Waals surface area contributed by atoms with E-state index in [1.807, 2.05) is 42.5 Å². The third-order valence-corrected chi connectivity index (χ3v) is 3.92. The van der Waals surface area contributed by atoms with E-state index < -0.39 is 0 Å². The molecule has 0 aliphatic heterocycles. The molecule has 0 aliphatic rings. The van der Waals surface area contributed by atoms with Gasteiger partial charge in [0.05, 0.1) is 5.69 Å². The van der Waals surface area contributed by atoms with Gasteiger partial charge >= 0.3 is 0 Å². The van der Waals surface area contributed by atoms with Crippen LogP contribution in [0.4, 0.5) is 5.69 Å². The molecule has 0 fully saturated rings. The number of Topliss-reactive ketones (excluding diaryl/α,β-unsaturated/α-hetero) is 1. The number of carbonyl (C=O) groups is 2. The number of nitrogens with one attached hydrogen (secondary N) is 1. The van der Waals surface area contributed by atoms with Crippen molar-refractivity contribution in [2.24, 2.45) is 0 Å². The van der Waals surface area contributed by atoms with Gasteiger partial charge in [-0.1, -0.05) is 42.5 Å². The van der Waals surface area contributed by atoms with E-state index in [-0.39, 0.29) is 11.7 Å². The number of benzene rings is 3. The van der Waals surface area contributed by atoms with Gasteiger partial charge in [-0.15, -0.1) is 0 Å². The van der Waals surface area contributed by atoms with Crippen molar-refractivity contribution in [3.63, 3.8) is 0 Å². The Morgan fingerprint density at radius 3 is 2.19 bits per heavy atom. The van der Waals surface area contributed by atoms with Gasteiger partial charge in [0.25, 0.3) is 5.91 Å². The number of anilines is 1. The predicted molar refractivity (Wildman–Crippen MR) is 102 cm³/mol. The Hall–Kier alpha value is -3.40. The molecule has 0 aliphatic carbocycles. The molecule has 4 nitrogen and oxygen atoms in total. The zero-order valence-corrected chi connectivity index (χ0v) is 14.4. The lowest BCUT2D eigenvalue weighted by Gasteiger charge is -2.10. The molecule has 26 heavy (non-hydrogen) atoms. The third kappa shape index (κ3) is 4.36. The third-order valence-electron chi connectivity index (χ3n) is 3.92. The largest absolute Gasteiger partial charge is 0.489 e. The summed E-state index contributed by atoms with van der Waals surface area (Å²) in [5.74, 6) is 0.457. The van der Waals surface area contributed by atoms with Gasteiger partial charge in [0.1, 0.15) is 12.4 Å². The number of hydrogen-bond acceptors (Lipinski definition) is 3. The fourth-order valence-electron chi connectivity index (χ4n) is 2.53. The minimum Gasteiger partial charge on any atom is -0.489 e. The van der Waals surface area contributed by atoms with Crippen molar-refractivity contribution in [3.05, 3.63) is 95.6 Å². The van der Waals surface area contributed by atoms with E-state index in [0.717, 1.165) is 11.3 Å². The average Bonchev–Trinajstić information content (AvgIpc) is 2.68. The average molecular weight is 345 g/mol. The number of carbonyl (C=O) groups excluding carboxylic acids is 2. The number of hydrogen-bond donors (Lipinski definition) is 1. The molecule has 0 saturated heterocycles. The minimum absolute atomic E-state index is 0.0886. The van der Waals surface area contributed by atoms with Crippen LogP contribution in [0.3, 0.4) is 0 Å². The molecule has 130 valence electrons. The van der Waals surface area contributed by atoms with E-state index in [1.165, 1.54) is 6.92 Å². The Labute approximate surface area is 152 Å². The smallest absolute Gasteiger partial charge is 0.255 e. The van der Waals surface area contributed by atoms with E-state index in [0.29, 0.717) is 23.4 Å². The Morgan fingerprint density at radius 1 is 0.846 bits per heavy atom. The van der Waals surface area contributed by atoms with Gasteiger partial charge in [-0.05, 0) is 48.9 Å². The molecular weight excluding hydrogens is 326 g/mol. The maximum atomic E-state index is 12.4. The first-order chi connectivity index (χ1) is 12.6. The normalized spacial score (nSPS) is 10.2. The number of ether oxygens (including phenoxy) is 1. The second-order valence-electron chi connectivity index (χ2n) is 5.85. The lowest BCUT2D eigenvalue weighted by molar-refractivity contribution is 0.101. The van der Waals surface area contributed by atoms with Gasteiger partial charge in [0.2, 0.25) is 0 Å². The van der Waals surface area contributed by atoms with Crippen LogP contribution in [0.25, 0.3) is 0 Å². The molecule has 0 atom stereocenters. The molecule has 0 saturated carbocycles. The number of rotatable bonds is 6. The summed E-state index contributed by atoms with van der Waals surface area (Å²) in [5, 5.41) is 2.79. The predicted octanol–water partition coefficient (Wildman–Crippen LogP) is 4.72. The zero-order chi connectivity index (χ0) is 18.4. The number of amides is 1. The molecule has 0 radical (unpaired) electrons. The summed E-state index contributed by atoms with van der Waals surface area (Å²) < 4.78 is 5.69. The molecule has 0 heterocycles. The number of ketones is 1. The molecule has 3 aromatic carbocycles. The molecule has 1 N–H and O–H groups in total. The van der Waals surface area contributed by atoms with Gasteiger partial charge in [0.15, 0.2) is 5.78 Å². The summed E-state index contributed by atoms with van der Waals surface area (Å²) in [4.78, 5) is 24.1. The summed E-state index contributed by atoms with van der Waals surface area (Å²) in [7, 11) is 0. The molecular formula is C22H19NO3. The highest BCUT2D eigenvalue weighted by Crippen LogP contribution is 2.17. The van der Waals surface area contributed by atoms with Crippen molar-refractivity contribution in [3.8, 4) is 5.75 Å². The standard InChI is InChI=1S/C22H19NO3/c1-16(24)20-9-5-6-10-21(20)23-22(25)18-13-11-17(12-14-18)15-26-19-7-3-2-4-8-19/h2-14H,15H2,1H3,(H,23,25).